The van der Waals surface area contributed by atoms with Crippen molar-refractivity contribution in [2.24, 2.45) is 5.92 Å². The first-order valence-electron chi connectivity index (χ1n) is 14.8. The minimum absolute atomic E-state index is 0.00714. The molecular formula is C34H37N3O6S2. The quantitative estimate of drug-likeness (QED) is 0.146. The molecule has 0 saturated carbocycles. The number of ether oxygens (including phenoxy) is 3. The third-order valence-corrected chi connectivity index (χ3v) is 9.68. The van der Waals surface area contributed by atoms with Gasteiger partial charge in [-0.05, 0) is 47.7 Å². The molecular weight excluding hydrogens is 611 g/mol. The van der Waals surface area contributed by atoms with Crippen molar-refractivity contribution in [1.82, 2.24) is 15.5 Å². The minimum Gasteiger partial charge on any atom is -0.453 e. The molecule has 2 heterocycles. The molecule has 5 rings (SSSR count). The maximum Gasteiger partial charge on any atom is 0.303 e. The molecule has 0 radical (unpaired) electrons. The van der Waals surface area contributed by atoms with Gasteiger partial charge in [0, 0.05) is 30.7 Å². The van der Waals surface area contributed by atoms with E-state index in [9.17, 15) is 14.7 Å². The molecule has 1 saturated heterocycles. The fraction of sp³-hybridized carbons (Fsp3) is 0.353. The average molecular weight is 648 g/mol. The first-order valence-corrected chi connectivity index (χ1v) is 16.6. The van der Waals surface area contributed by atoms with Crippen molar-refractivity contribution in [2.45, 2.75) is 69.8 Å². The fourth-order valence-corrected chi connectivity index (χ4v) is 7.13. The van der Waals surface area contributed by atoms with Crippen LogP contribution < -0.4 is 5.32 Å². The van der Waals surface area contributed by atoms with E-state index in [1.807, 2.05) is 79.7 Å². The van der Waals surface area contributed by atoms with E-state index in [0.29, 0.717) is 12.3 Å². The number of aliphatic hydroxyl groups excluding tert-OH is 1. The zero-order chi connectivity index (χ0) is 31.9. The van der Waals surface area contributed by atoms with Gasteiger partial charge in [-0.1, -0.05) is 96.8 Å². The topological polar surface area (TPSA) is 120 Å². The molecule has 4 aromatic rings. The second-order valence-electron chi connectivity index (χ2n) is 11.0. The van der Waals surface area contributed by atoms with Gasteiger partial charge in [0.1, 0.15) is 5.01 Å². The highest BCUT2D eigenvalue weighted by atomic mass is 32.2. The van der Waals surface area contributed by atoms with Crippen molar-refractivity contribution >= 4 is 35.0 Å². The summed E-state index contributed by atoms with van der Waals surface area (Å²) in [7, 11) is 0. The normalized spacial score (nSPS) is 20.4. The predicted molar refractivity (Wildman–Crippen MR) is 173 cm³/mol. The monoisotopic (exact) mass is 647 g/mol. The molecule has 0 spiro atoms. The maximum atomic E-state index is 12.3. The van der Waals surface area contributed by atoms with Gasteiger partial charge in [0.25, 0.3) is 5.91 Å². The van der Waals surface area contributed by atoms with Gasteiger partial charge in [-0.2, -0.15) is 0 Å². The first kappa shape index (κ1) is 32.8. The third kappa shape index (κ3) is 8.56. The Balaban J connectivity index is 1.31. The number of hydrogen-bond donors (Lipinski definition) is 2. The van der Waals surface area contributed by atoms with Gasteiger partial charge in [0.05, 0.1) is 18.8 Å². The fourth-order valence-electron chi connectivity index (χ4n) is 5.13. The highest BCUT2D eigenvalue weighted by Gasteiger charge is 2.38. The van der Waals surface area contributed by atoms with Crippen molar-refractivity contribution in [3.63, 3.8) is 0 Å². The van der Waals surface area contributed by atoms with Crippen LogP contribution in [0.2, 0.25) is 0 Å². The largest absolute Gasteiger partial charge is 0.453 e. The van der Waals surface area contributed by atoms with E-state index in [1.165, 1.54) is 6.92 Å². The second-order valence-corrected chi connectivity index (χ2v) is 13.5. The number of nitrogens with one attached hydrogen (secondary N) is 1. The van der Waals surface area contributed by atoms with Gasteiger partial charge in [-0.25, -0.2) is 0 Å². The molecule has 1 aliphatic rings. The van der Waals surface area contributed by atoms with Crippen molar-refractivity contribution in [1.29, 1.82) is 0 Å². The third-order valence-electron chi connectivity index (χ3n) is 7.62. The summed E-state index contributed by atoms with van der Waals surface area (Å²) in [6, 6.07) is 23.9. The van der Waals surface area contributed by atoms with E-state index >= 15 is 0 Å². The molecule has 0 aliphatic carbocycles. The Morgan fingerprint density at radius 1 is 1.00 bits per heavy atom. The minimum atomic E-state index is -0.850. The molecule has 2 N–H and O–H groups in total. The Hall–Kier alpha value is -3.61. The zero-order valence-electron chi connectivity index (χ0n) is 25.6. The van der Waals surface area contributed by atoms with Crippen molar-refractivity contribution in [3.05, 3.63) is 100 Å². The SMILES string of the molecule is CC(=O)O[C@@H](C)C(=O)NCc1cccc(-c2ccc([C@@H]3O[C@H](CSc4nnc(C)s4)[C@H](C)[C@H](c4ccc(CO)cc4)O3)cc2)c1. The van der Waals surface area contributed by atoms with Gasteiger partial charge in [0.15, 0.2) is 16.7 Å². The van der Waals surface area contributed by atoms with Crippen LogP contribution in [0.5, 0.6) is 0 Å². The van der Waals surface area contributed by atoms with Crippen LogP contribution in [0.3, 0.4) is 0 Å². The molecule has 9 nitrogen and oxygen atoms in total. The average Bonchev–Trinajstić information content (AvgIpc) is 3.47. The lowest BCUT2D eigenvalue weighted by Crippen LogP contribution is -2.38. The molecule has 1 aromatic heterocycles. The number of hydrogen-bond acceptors (Lipinski definition) is 10. The lowest BCUT2D eigenvalue weighted by molar-refractivity contribution is -0.268. The number of aromatic nitrogens is 2. The van der Waals surface area contributed by atoms with Crippen molar-refractivity contribution in [3.8, 4) is 11.1 Å². The van der Waals surface area contributed by atoms with Gasteiger partial charge < -0.3 is 24.6 Å². The Labute approximate surface area is 271 Å². The number of rotatable bonds is 11. The van der Waals surface area contributed by atoms with Crippen LogP contribution in [0.25, 0.3) is 11.1 Å². The molecule has 0 bridgehead atoms. The summed E-state index contributed by atoms with van der Waals surface area (Å²) in [5.74, 6) is -0.0598. The number of benzene rings is 3. The molecule has 3 aromatic carbocycles. The van der Waals surface area contributed by atoms with Crippen LogP contribution in [0, 0.1) is 12.8 Å². The van der Waals surface area contributed by atoms with Crippen LogP contribution in [0.4, 0.5) is 0 Å². The highest BCUT2D eigenvalue weighted by molar-refractivity contribution is 8.01. The van der Waals surface area contributed by atoms with Gasteiger partial charge in [0.2, 0.25) is 0 Å². The van der Waals surface area contributed by atoms with E-state index in [1.54, 1.807) is 30.0 Å². The number of aryl methyl sites for hydroxylation is 1. The maximum absolute atomic E-state index is 12.3. The summed E-state index contributed by atoms with van der Waals surface area (Å²) in [6.45, 7) is 7.23. The lowest BCUT2D eigenvalue weighted by Gasteiger charge is -2.41. The Bertz CT molecular complexity index is 1590. The molecule has 11 heteroatoms. The summed E-state index contributed by atoms with van der Waals surface area (Å²) in [5, 5.41) is 21.7. The number of aliphatic hydroxyl groups is 1. The molecule has 1 fully saturated rings. The molecule has 5 atom stereocenters. The van der Waals surface area contributed by atoms with Crippen LogP contribution in [0.15, 0.2) is 77.1 Å². The van der Waals surface area contributed by atoms with Crippen molar-refractivity contribution < 1.29 is 28.9 Å². The standard InChI is InChI=1S/C34H37N3O6S2/c1-20-30(19-44-34-37-36-22(3)45-34)42-33(43-31(20)27-10-8-24(18-38)9-11-27)28-14-12-26(13-15-28)29-7-5-6-25(16-29)17-35-32(40)21(2)41-23(4)39/h5-16,20-21,30-31,33,38H,17-19H2,1-4H3,(H,35,40)/t20-,21-,30+,31+,33+/m0/s1. The second kappa shape index (κ2) is 15.1. The first-order chi connectivity index (χ1) is 21.7. The van der Waals surface area contributed by atoms with E-state index in [-0.39, 0.29) is 30.6 Å². The molecule has 45 heavy (non-hydrogen) atoms. The summed E-state index contributed by atoms with van der Waals surface area (Å²) in [4.78, 5) is 23.4. The highest BCUT2D eigenvalue weighted by Crippen LogP contribution is 2.43. The summed E-state index contributed by atoms with van der Waals surface area (Å²) in [6.07, 6.45) is -1.72. The predicted octanol–water partition coefficient (Wildman–Crippen LogP) is 6.16. The zero-order valence-corrected chi connectivity index (χ0v) is 27.3. The van der Waals surface area contributed by atoms with Crippen LogP contribution in [0.1, 0.15) is 60.4 Å². The number of thioether (sulfide) groups is 1. The molecule has 0 unspecified atom stereocenters. The Morgan fingerprint density at radius 2 is 1.73 bits per heavy atom. The molecule has 1 aliphatic heterocycles. The number of carbonyl (C=O) groups excluding carboxylic acids is 2. The van der Waals surface area contributed by atoms with Crippen LogP contribution in [-0.2, 0) is 37.0 Å². The van der Waals surface area contributed by atoms with E-state index in [0.717, 1.165) is 42.7 Å². The van der Waals surface area contributed by atoms with Gasteiger partial charge in [-0.15, -0.1) is 10.2 Å². The van der Waals surface area contributed by atoms with Crippen molar-refractivity contribution in [2.75, 3.05) is 5.75 Å². The van der Waals surface area contributed by atoms with E-state index in [2.05, 4.69) is 22.4 Å². The number of carbonyl (C=O) groups is 2. The summed E-state index contributed by atoms with van der Waals surface area (Å²) < 4.78 is 19.0. The molecule has 236 valence electrons. The number of nitrogens with zero attached hydrogens (tertiary/aromatic N) is 2. The summed E-state index contributed by atoms with van der Waals surface area (Å²) >= 11 is 3.22. The number of amides is 1. The van der Waals surface area contributed by atoms with E-state index < -0.39 is 18.4 Å². The molecule has 1 amide bonds. The smallest absolute Gasteiger partial charge is 0.303 e. The van der Waals surface area contributed by atoms with Crippen LogP contribution >= 0.6 is 23.1 Å². The van der Waals surface area contributed by atoms with Gasteiger partial charge >= 0.3 is 5.97 Å². The lowest BCUT2D eigenvalue weighted by atomic mass is 9.91. The Morgan fingerprint density at radius 3 is 2.40 bits per heavy atom. The number of esters is 1. The summed E-state index contributed by atoms with van der Waals surface area (Å²) in [5.41, 5.74) is 5.74. The van der Waals surface area contributed by atoms with E-state index in [4.69, 9.17) is 14.2 Å². The Kier molecular flexibility index (Phi) is 11.0. The van der Waals surface area contributed by atoms with Crippen LogP contribution in [-0.4, -0.2) is 45.1 Å². The van der Waals surface area contributed by atoms with Gasteiger partial charge in [-0.3, -0.25) is 9.59 Å².